The minimum Gasteiger partial charge on any atom is -0.484 e. The van der Waals surface area contributed by atoms with Crippen molar-refractivity contribution in [3.05, 3.63) is 53.3 Å². The van der Waals surface area contributed by atoms with E-state index in [0.717, 1.165) is 18.4 Å². The highest BCUT2D eigenvalue weighted by molar-refractivity contribution is 6.32. The number of nitrogens with one attached hydrogen (secondary N) is 3. The van der Waals surface area contributed by atoms with Crippen LogP contribution in [0.15, 0.2) is 42.6 Å². The average molecular weight is 389 g/mol. The summed E-state index contributed by atoms with van der Waals surface area (Å²) in [6.45, 7) is 1.86. The lowest BCUT2D eigenvalue weighted by Crippen LogP contribution is -2.31. The first-order chi connectivity index (χ1) is 13.0. The van der Waals surface area contributed by atoms with Crippen LogP contribution in [0.5, 0.6) is 5.75 Å². The van der Waals surface area contributed by atoms with Crippen molar-refractivity contribution in [2.45, 2.75) is 31.8 Å². The maximum Gasteiger partial charge on any atom is 0.319 e. The number of aromatic nitrogens is 1. The summed E-state index contributed by atoms with van der Waals surface area (Å²) in [6.07, 6.45) is 3.64. The van der Waals surface area contributed by atoms with Crippen LogP contribution >= 0.6 is 11.6 Å². The maximum atomic E-state index is 12.1. The number of hydrogen-bond donors (Lipinski definition) is 3. The summed E-state index contributed by atoms with van der Waals surface area (Å²) in [7, 11) is 0. The molecule has 2 aromatic rings. The van der Waals surface area contributed by atoms with E-state index >= 15 is 0 Å². The topological polar surface area (TPSA) is 92.3 Å². The SMILES string of the molecule is CC(NC(=O)Nc1cccnc1Cl)c1ccc(OCC(=O)NC2CC2)cc1. The molecule has 27 heavy (non-hydrogen) atoms. The standard InChI is InChI=1S/C19H21ClN4O3/c1-12(22-19(26)24-16-3-2-10-21-18(16)20)13-4-8-15(9-5-13)27-11-17(25)23-14-6-7-14/h2-5,8-10,12,14H,6-7,11H2,1H3,(H,23,25)(H2,22,24,26). The summed E-state index contributed by atoms with van der Waals surface area (Å²) < 4.78 is 5.47. The number of benzene rings is 1. The van der Waals surface area contributed by atoms with Gasteiger partial charge in [-0.3, -0.25) is 4.79 Å². The van der Waals surface area contributed by atoms with E-state index in [1.54, 1.807) is 30.5 Å². The molecule has 7 nitrogen and oxygen atoms in total. The molecule has 8 heteroatoms. The second-order valence-corrected chi connectivity index (χ2v) is 6.72. The number of hydrogen-bond acceptors (Lipinski definition) is 4. The van der Waals surface area contributed by atoms with Crippen molar-refractivity contribution in [1.82, 2.24) is 15.6 Å². The van der Waals surface area contributed by atoms with Crippen molar-refractivity contribution < 1.29 is 14.3 Å². The van der Waals surface area contributed by atoms with Gasteiger partial charge in [0.2, 0.25) is 0 Å². The zero-order chi connectivity index (χ0) is 19.2. The summed E-state index contributed by atoms with van der Waals surface area (Å²) in [6, 6.07) is 10.3. The number of anilines is 1. The van der Waals surface area contributed by atoms with Gasteiger partial charge in [-0.25, -0.2) is 9.78 Å². The fourth-order valence-electron chi connectivity index (χ4n) is 2.42. The van der Waals surface area contributed by atoms with Gasteiger partial charge < -0.3 is 20.7 Å². The van der Waals surface area contributed by atoms with Crippen LogP contribution in [0.4, 0.5) is 10.5 Å². The minimum atomic E-state index is -0.380. The van der Waals surface area contributed by atoms with Crippen LogP contribution in [0.1, 0.15) is 31.4 Å². The van der Waals surface area contributed by atoms with Crippen LogP contribution in [0.2, 0.25) is 5.15 Å². The Labute approximate surface area is 162 Å². The molecule has 1 aliphatic rings. The highest BCUT2D eigenvalue weighted by Gasteiger charge is 2.23. The van der Waals surface area contributed by atoms with Gasteiger partial charge in [-0.05, 0) is 49.6 Å². The van der Waals surface area contributed by atoms with Gasteiger partial charge >= 0.3 is 6.03 Å². The zero-order valence-corrected chi connectivity index (χ0v) is 15.6. The van der Waals surface area contributed by atoms with Gasteiger partial charge in [0.25, 0.3) is 5.91 Å². The number of nitrogens with zero attached hydrogens (tertiary/aromatic N) is 1. The van der Waals surface area contributed by atoms with Crippen LogP contribution in [0.25, 0.3) is 0 Å². The molecule has 3 amide bonds. The molecule has 142 valence electrons. The summed E-state index contributed by atoms with van der Waals surface area (Å²) in [5.41, 5.74) is 1.34. The highest BCUT2D eigenvalue weighted by Crippen LogP contribution is 2.20. The number of rotatable bonds is 7. The Morgan fingerprint density at radius 2 is 2.00 bits per heavy atom. The number of carbonyl (C=O) groups is 2. The predicted molar refractivity (Wildman–Crippen MR) is 103 cm³/mol. The molecule has 3 rings (SSSR count). The Morgan fingerprint density at radius 3 is 2.67 bits per heavy atom. The molecule has 1 unspecified atom stereocenters. The van der Waals surface area contributed by atoms with Crippen molar-refractivity contribution in [1.29, 1.82) is 0 Å². The van der Waals surface area contributed by atoms with Gasteiger partial charge in [-0.15, -0.1) is 0 Å². The zero-order valence-electron chi connectivity index (χ0n) is 14.9. The fourth-order valence-corrected chi connectivity index (χ4v) is 2.58. The Hall–Kier alpha value is -2.80. The molecule has 1 saturated carbocycles. The first-order valence-electron chi connectivity index (χ1n) is 8.71. The van der Waals surface area contributed by atoms with E-state index in [-0.39, 0.29) is 29.7 Å². The Bertz CT molecular complexity index is 809. The molecule has 1 atom stereocenters. The van der Waals surface area contributed by atoms with Crippen molar-refractivity contribution in [2.24, 2.45) is 0 Å². The van der Waals surface area contributed by atoms with E-state index in [1.807, 2.05) is 19.1 Å². The smallest absolute Gasteiger partial charge is 0.319 e. The van der Waals surface area contributed by atoms with Crippen LogP contribution in [0.3, 0.4) is 0 Å². The number of amides is 3. The van der Waals surface area contributed by atoms with E-state index in [9.17, 15) is 9.59 Å². The third-order valence-electron chi connectivity index (χ3n) is 4.05. The van der Waals surface area contributed by atoms with Crippen molar-refractivity contribution in [3.63, 3.8) is 0 Å². The lowest BCUT2D eigenvalue weighted by Gasteiger charge is -2.16. The monoisotopic (exact) mass is 388 g/mol. The van der Waals surface area contributed by atoms with Crippen LogP contribution in [-0.2, 0) is 4.79 Å². The Balaban J connectivity index is 1.47. The average Bonchev–Trinajstić information content (AvgIpc) is 3.46. The predicted octanol–water partition coefficient (Wildman–Crippen LogP) is 3.28. The van der Waals surface area contributed by atoms with Crippen molar-refractivity contribution in [3.8, 4) is 5.75 Å². The van der Waals surface area contributed by atoms with Gasteiger partial charge in [0.05, 0.1) is 11.7 Å². The molecule has 0 bridgehead atoms. The minimum absolute atomic E-state index is 0.00206. The lowest BCUT2D eigenvalue weighted by atomic mass is 10.1. The lowest BCUT2D eigenvalue weighted by molar-refractivity contribution is -0.123. The second kappa shape index (κ2) is 8.73. The summed E-state index contributed by atoms with van der Waals surface area (Å²) >= 11 is 5.93. The van der Waals surface area contributed by atoms with Crippen molar-refractivity contribution in [2.75, 3.05) is 11.9 Å². The van der Waals surface area contributed by atoms with Gasteiger partial charge in [0, 0.05) is 12.2 Å². The molecular formula is C19H21ClN4O3. The largest absolute Gasteiger partial charge is 0.484 e. The molecule has 1 heterocycles. The first-order valence-corrected chi connectivity index (χ1v) is 9.09. The summed E-state index contributed by atoms with van der Waals surface area (Å²) in [5.74, 6) is 0.492. The molecule has 0 aliphatic heterocycles. The van der Waals surface area contributed by atoms with E-state index in [4.69, 9.17) is 16.3 Å². The van der Waals surface area contributed by atoms with Crippen LogP contribution in [0, 0.1) is 0 Å². The fraction of sp³-hybridized carbons (Fsp3) is 0.316. The molecule has 3 N–H and O–H groups in total. The van der Waals surface area contributed by atoms with Gasteiger partial charge in [-0.1, -0.05) is 23.7 Å². The van der Waals surface area contributed by atoms with Gasteiger partial charge in [0.15, 0.2) is 11.8 Å². The third kappa shape index (κ3) is 5.86. The summed E-state index contributed by atoms with van der Waals surface area (Å²) in [4.78, 5) is 27.6. The highest BCUT2D eigenvalue weighted by atomic mass is 35.5. The van der Waals surface area contributed by atoms with Crippen LogP contribution < -0.4 is 20.7 Å². The molecule has 0 spiro atoms. The molecule has 0 radical (unpaired) electrons. The number of urea groups is 1. The Morgan fingerprint density at radius 1 is 1.26 bits per heavy atom. The van der Waals surface area contributed by atoms with E-state index in [0.29, 0.717) is 17.5 Å². The molecule has 1 aromatic carbocycles. The molecule has 1 aliphatic carbocycles. The quantitative estimate of drug-likeness (QED) is 0.634. The van der Waals surface area contributed by atoms with Gasteiger partial charge in [0.1, 0.15) is 5.75 Å². The van der Waals surface area contributed by atoms with Gasteiger partial charge in [-0.2, -0.15) is 0 Å². The molecule has 0 saturated heterocycles. The second-order valence-electron chi connectivity index (χ2n) is 6.36. The normalized spacial score (nSPS) is 14.1. The summed E-state index contributed by atoms with van der Waals surface area (Å²) in [5, 5.41) is 8.59. The van der Waals surface area contributed by atoms with E-state index in [2.05, 4.69) is 20.9 Å². The van der Waals surface area contributed by atoms with Crippen LogP contribution in [-0.4, -0.2) is 29.6 Å². The number of pyridine rings is 1. The van der Waals surface area contributed by atoms with E-state index < -0.39 is 0 Å². The third-order valence-corrected chi connectivity index (χ3v) is 4.35. The van der Waals surface area contributed by atoms with E-state index in [1.165, 1.54) is 0 Å². The maximum absolute atomic E-state index is 12.1. The Kier molecular flexibility index (Phi) is 6.13. The first kappa shape index (κ1) is 19.0. The molecule has 1 aromatic heterocycles. The van der Waals surface area contributed by atoms with Crippen molar-refractivity contribution >= 4 is 29.2 Å². The molecular weight excluding hydrogens is 368 g/mol. The number of carbonyl (C=O) groups excluding carboxylic acids is 2. The number of ether oxygens (including phenoxy) is 1. The molecule has 1 fully saturated rings. The number of halogens is 1.